The van der Waals surface area contributed by atoms with Gasteiger partial charge < -0.3 is 14.9 Å². The molecule has 0 radical (unpaired) electrons. The molecule has 0 unspecified atom stereocenters. The number of benzene rings is 1. The van der Waals surface area contributed by atoms with E-state index in [1.165, 1.54) is 12.1 Å². The van der Waals surface area contributed by atoms with Gasteiger partial charge in [0.05, 0.1) is 11.0 Å². The minimum atomic E-state index is -0.997. The van der Waals surface area contributed by atoms with Crippen molar-refractivity contribution in [3.63, 3.8) is 0 Å². The molecule has 19 heavy (non-hydrogen) atoms. The van der Waals surface area contributed by atoms with E-state index in [9.17, 15) is 9.59 Å². The van der Waals surface area contributed by atoms with E-state index in [2.05, 4.69) is 0 Å². The molecule has 0 amide bonds. The number of ether oxygens (including phenoxy) is 1. The van der Waals surface area contributed by atoms with Crippen LogP contribution in [-0.4, -0.2) is 28.8 Å². The van der Waals surface area contributed by atoms with Gasteiger partial charge in [0.25, 0.3) is 0 Å². The predicted molar refractivity (Wildman–Crippen MR) is 69.8 cm³/mol. The van der Waals surface area contributed by atoms with E-state index >= 15 is 0 Å². The summed E-state index contributed by atoms with van der Waals surface area (Å²) in [7, 11) is 0. The molecule has 1 aromatic rings. The first-order chi connectivity index (χ1) is 8.65. The third kappa shape index (κ3) is 3.47. The van der Waals surface area contributed by atoms with Gasteiger partial charge in [0.1, 0.15) is 12.4 Å². The highest BCUT2D eigenvalue weighted by molar-refractivity contribution is 5.88. The molecular weight excluding hydrogens is 248 g/mol. The Morgan fingerprint density at radius 1 is 1.16 bits per heavy atom. The number of aliphatic carboxylic acids is 1. The molecule has 0 bridgehead atoms. The highest BCUT2D eigenvalue weighted by atomic mass is 16.5. The summed E-state index contributed by atoms with van der Waals surface area (Å²) in [6, 6.07) is 3.02. The zero-order valence-corrected chi connectivity index (χ0v) is 11.5. The maximum absolute atomic E-state index is 11.0. The largest absolute Gasteiger partial charge is 0.492 e. The standard InChI is InChI=1S/C14H18O5/c1-8-5-10(12(15)16)6-9(2)11(8)19-7-14(3,4)13(17)18/h5-6H,7H2,1-4H3,(H,15,16)(H,17,18). The van der Waals surface area contributed by atoms with Crippen LogP contribution in [0.15, 0.2) is 12.1 Å². The molecule has 0 aliphatic carbocycles. The lowest BCUT2D eigenvalue weighted by Gasteiger charge is -2.21. The van der Waals surface area contributed by atoms with Gasteiger partial charge >= 0.3 is 11.9 Å². The van der Waals surface area contributed by atoms with Gasteiger partial charge in [-0.15, -0.1) is 0 Å². The topological polar surface area (TPSA) is 83.8 Å². The van der Waals surface area contributed by atoms with Gasteiger partial charge in [0, 0.05) is 0 Å². The van der Waals surface area contributed by atoms with Crippen molar-refractivity contribution < 1.29 is 24.5 Å². The second-order valence-corrected chi connectivity index (χ2v) is 5.22. The van der Waals surface area contributed by atoms with Crippen molar-refractivity contribution in [1.82, 2.24) is 0 Å². The maximum Gasteiger partial charge on any atom is 0.335 e. The van der Waals surface area contributed by atoms with Crippen molar-refractivity contribution in [3.8, 4) is 5.75 Å². The van der Waals surface area contributed by atoms with E-state index < -0.39 is 17.4 Å². The predicted octanol–water partition coefficient (Wildman–Crippen LogP) is 2.49. The monoisotopic (exact) mass is 266 g/mol. The molecule has 0 spiro atoms. The smallest absolute Gasteiger partial charge is 0.335 e. The van der Waals surface area contributed by atoms with Crippen LogP contribution in [-0.2, 0) is 4.79 Å². The summed E-state index contributed by atoms with van der Waals surface area (Å²) >= 11 is 0. The first-order valence-electron chi connectivity index (χ1n) is 5.86. The minimum Gasteiger partial charge on any atom is -0.492 e. The second-order valence-electron chi connectivity index (χ2n) is 5.22. The number of carbonyl (C=O) groups is 2. The zero-order valence-electron chi connectivity index (χ0n) is 11.5. The summed E-state index contributed by atoms with van der Waals surface area (Å²) in [4.78, 5) is 21.9. The first kappa shape index (κ1) is 15.0. The van der Waals surface area contributed by atoms with Crippen LogP contribution >= 0.6 is 0 Å². The van der Waals surface area contributed by atoms with E-state index in [-0.39, 0.29) is 12.2 Å². The van der Waals surface area contributed by atoms with Crippen LogP contribution in [0.25, 0.3) is 0 Å². The number of carboxylic acid groups (broad SMARTS) is 2. The lowest BCUT2D eigenvalue weighted by molar-refractivity contribution is -0.148. The van der Waals surface area contributed by atoms with Crippen molar-refractivity contribution >= 4 is 11.9 Å². The fourth-order valence-electron chi connectivity index (χ4n) is 1.62. The fourth-order valence-corrected chi connectivity index (χ4v) is 1.62. The number of aryl methyl sites for hydroxylation is 2. The summed E-state index contributed by atoms with van der Waals surface area (Å²) in [5.41, 5.74) is 0.557. The third-order valence-electron chi connectivity index (χ3n) is 2.86. The minimum absolute atomic E-state index is 0.0242. The molecule has 1 aromatic carbocycles. The maximum atomic E-state index is 11.0. The molecule has 0 heterocycles. The number of hydrogen-bond donors (Lipinski definition) is 2. The number of rotatable bonds is 5. The average molecular weight is 266 g/mol. The Labute approximate surface area is 111 Å². The first-order valence-corrected chi connectivity index (χ1v) is 5.86. The van der Waals surface area contributed by atoms with Crippen LogP contribution in [0.1, 0.15) is 35.3 Å². The Balaban J connectivity index is 2.97. The van der Waals surface area contributed by atoms with Gasteiger partial charge in [-0.2, -0.15) is 0 Å². The quantitative estimate of drug-likeness (QED) is 0.855. The van der Waals surface area contributed by atoms with E-state index in [4.69, 9.17) is 14.9 Å². The fraction of sp³-hybridized carbons (Fsp3) is 0.429. The molecule has 0 aliphatic heterocycles. The van der Waals surface area contributed by atoms with Crippen LogP contribution in [0.4, 0.5) is 0 Å². The van der Waals surface area contributed by atoms with E-state index in [0.29, 0.717) is 16.9 Å². The third-order valence-corrected chi connectivity index (χ3v) is 2.86. The van der Waals surface area contributed by atoms with Crippen molar-refractivity contribution in [2.75, 3.05) is 6.61 Å². The van der Waals surface area contributed by atoms with Crippen LogP contribution in [0, 0.1) is 19.3 Å². The summed E-state index contributed by atoms with van der Waals surface area (Å²) in [5.74, 6) is -1.40. The molecule has 5 heteroatoms. The second kappa shape index (κ2) is 5.30. The Morgan fingerprint density at radius 3 is 2.00 bits per heavy atom. The molecule has 2 N–H and O–H groups in total. The summed E-state index contributed by atoms with van der Waals surface area (Å²) in [6.07, 6.45) is 0. The van der Waals surface area contributed by atoms with Crippen molar-refractivity contribution in [1.29, 1.82) is 0 Å². The number of aromatic carboxylic acids is 1. The Morgan fingerprint density at radius 2 is 1.63 bits per heavy atom. The lowest BCUT2D eigenvalue weighted by atomic mass is 9.95. The molecule has 0 atom stereocenters. The van der Waals surface area contributed by atoms with Crippen LogP contribution in [0.3, 0.4) is 0 Å². The molecule has 0 aromatic heterocycles. The zero-order chi connectivity index (χ0) is 14.8. The van der Waals surface area contributed by atoms with Crippen molar-refractivity contribution in [2.24, 2.45) is 5.41 Å². The molecule has 1 rings (SSSR count). The SMILES string of the molecule is Cc1cc(C(=O)O)cc(C)c1OCC(C)(C)C(=O)O. The van der Waals surface area contributed by atoms with E-state index in [1.807, 2.05) is 0 Å². The van der Waals surface area contributed by atoms with Crippen molar-refractivity contribution in [3.05, 3.63) is 28.8 Å². The Bertz CT molecular complexity index is 494. The molecule has 104 valence electrons. The molecule has 0 saturated carbocycles. The Kier molecular flexibility index (Phi) is 4.19. The van der Waals surface area contributed by atoms with Gasteiger partial charge in [-0.3, -0.25) is 4.79 Å². The molecule has 0 saturated heterocycles. The average Bonchev–Trinajstić information content (AvgIpc) is 2.27. The Hall–Kier alpha value is -2.04. The van der Waals surface area contributed by atoms with E-state index in [0.717, 1.165) is 0 Å². The van der Waals surface area contributed by atoms with Crippen LogP contribution < -0.4 is 4.74 Å². The number of carboxylic acids is 2. The van der Waals surface area contributed by atoms with Gasteiger partial charge in [0.2, 0.25) is 0 Å². The lowest BCUT2D eigenvalue weighted by Crippen LogP contribution is -2.31. The molecule has 5 nitrogen and oxygen atoms in total. The van der Waals surface area contributed by atoms with Gasteiger partial charge in [-0.25, -0.2) is 4.79 Å². The summed E-state index contributed by atoms with van der Waals surface area (Å²) in [5, 5.41) is 18.0. The van der Waals surface area contributed by atoms with Crippen LogP contribution in [0.2, 0.25) is 0 Å². The highest BCUT2D eigenvalue weighted by Crippen LogP contribution is 2.27. The van der Waals surface area contributed by atoms with Crippen LogP contribution in [0.5, 0.6) is 5.75 Å². The molecular formula is C14H18O5. The normalized spacial score (nSPS) is 11.2. The molecule has 0 fully saturated rings. The van der Waals surface area contributed by atoms with Gasteiger partial charge in [0.15, 0.2) is 0 Å². The molecule has 0 aliphatic rings. The van der Waals surface area contributed by atoms with Gasteiger partial charge in [-0.05, 0) is 51.0 Å². The number of hydrogen-bond acceptors (Lipinski definition) is 3. The van der Waals surface area contributed by atoms with Crippen molar-refractivity contribution in [2.45, 2.75) is 27.7 Å². The summed E-state index contributed by atoms with van der Waals surface area (Å²) in [6.45, 7) is 6.65. The highest BCUT2D eigenvalue weighted by Gasteiger charge is 2.28. The summed E-state index contributed by atoms with van der Waals surface area (Å²) < 4.78 is 5.55. The van der Waals surface area contributed by atoms with Gasteiger partial charge in [-0.1, -0.05) is 0 Å². The van der Waals surface area contributed by atoms with E-state index in [1.54, 1.807) is 27.7 Å².